The molecule has 7 nitrogen and oxygen atoms in total. The van der Waals surface area contributed by atoms with Gasteiger partial charge in [-0.15, -0.1) is 0 Å². The molecule has 27 heavy (non-hydrogen) atoms. The Hall–Kier alpha value is -2.38. The molecule has 142 valence electrons. The van der Waals surface area contributed by atoms with E-state index in [0.29, 0.717) is 40.1 Å². The van der Waals surface area contributed by atoms with Gasteiger partial charge in [0.1, 0.15) is 11.3 Å². The van der Waals surface area contributed by atoms with Crippen LogP contribution >= 0.6 is 23.2 Å². The maximum absolute atomic E-state index is 12.8. The molecule has 2 aromatic rings. The minimum absolute atomic E-state index is 0.0872. The molecule has 1 aromatic heterocycles. The van der Waals surface area contributed by atoms with Gasteiger partial charge in [-0.2, -0.15) is 5.10 Å². The molecule has 0 radical (unpaired) electrons. The van der Waals surface area contributed by atoms with Crippen molar-refractivity contribution in [3.63, 3.8) is 0 Å². The standard InChI is InChI=1S/C18H18Cl2N4O3/c1-3-27-18(26)11-9-21-16-14(8-7-10(2)24(16)17(11)25)22-23-15-12(19)5-4-6-13(15)20/h4-6,9-10,23H,3,7-8H2,1-2H3. The number of para-hydroxylation sites is 1. The number of hydrogen-bond donors (Lipinski definition) is 1. The summed E-state index contributed by atoms with van der Waals surface area (Å²) in [5.41, 5.74) is 3.39. The number of carbonyl (C=O) groups excluding carboxylic acids is 1. The average Bonchev–Trinajstić information content (AvgIpc) is 2.63. The Balaban J connectivity index is 2.01. The zero-order valence-corrected chi connectivity index (χ0v) is 16.3. The van der Waals surface area contributed by atoms with Crippen molar-refractivity contribution in [1.29, 1.82) is 0 Å². The summed E-state index contributed by atoms with van der Waals surface area (Å²) in [6, 6.07) is 5.01. The van der Waals surface area contributed by atoms with Gasteiger partial charge in [0.05, 0.1) is 22.3 Å². The number of nitrogens with zero attached hydrogens (tertiary/aromatic N) is 3. The number of esters is 1. The molecule has 1 aromatic carbocycles. The van der Waals surface area contributed by atoms with E-state index in [4.69, 9.17) is 27.9 Å². The van der Waals surface area contributed by atoms with Crippen molar-refractivity contribution in [3.8, 4) is 0 Å². The van der Waals surface area contributed by atoms with Crippen LogP contribution in [-0.4, -0.2) is 27.8 Å². The third kappa shape index (κ3) is 3.84. The Bertz CT molecular complexity index is 951. The number of halogens is 2. The van der Waals surface area contributed by atoms with Crippen molar-refractivity contribution >= 4 is 40.6 Å². The summed E-state index contributed by atoms with van der Waals surface area (Å²) in [5.74, 6) is -0.273. The fourth-order valence-corrected chi connectivity index (χ4v) is 3.34. The van der Waals surface area contributed by atoms with Gasteiger partial charge < -0.3 is 4.74 Å². The van der Waals surface area contributed by atoms with Gasteiger partial charge >= 0.3 is 5.97 Å². The number of fused-ring (bicyclic) bond motifs is 1. The van der Waals surface area contributed by atoms with E-state index < -0.39 is 11.5 Å². The predicted octanol–water partition coefficient (Wildman–Crippen LogP) is 3.90. The lowest BCUT2D eigenvalue weighted by molar-refractivity contribution is 0.0522. The van der Waals surface area contributed by atoms with E-state index >= 15 is 0 Å². The maximum atomic E-state index is 12.8. The topological polar surface area (TPSA) is 85.6 Å². The van der Waals surface area contributed by atoms with Gasteiger partial charge in [-0.05, 0) is 38.8 Å². The van der Waals surface area contributed by atoms with E-state index in [-0.39, 0.29) is 18.2 Å². The molecule has 0 aliphatic carbocycles. The smallest absolute Gasteiger partial charge is 0.345 e. The molecule has 0 bridgehead atoms. The molecule has 3 rings (SSSR count). The molecule has 1 unspecified atom stereocenters. The molecule has 0 fully saturated rings. The van der Waals surface area contributed by atoms with Crippen molar-refractivity contribution in [2.75, 3.05) is 12.0 Å². The molecule has 0 saturated heterocycles. The second kappa shape index (κ2) is 8.10. The number of rotatable bonds is 4. The highest BCUT2D eigenvalue weighted by atomic mass is 35.5. The molecule has 2 heterocycles. The number of carbonyl (C=O) groups is 1. The van der Waals surface area contributed by atoms with Crippen LogP contribution in [0.25, 0.3) is 0 Å². The summed E-state index contributed by atoms with van der Waals surface area (Å²) < 4.78 is 6.41. The molecular formula is C18H18Cl2N4O3. The largest absolute Gasteiger partial charge is 0.462 e. The zero-order valence-electron chi connectivity index (χ0n) is 14.8. The predicted molar refractivity (Wildman–Crippen MR) is 105 cm³/mol. The molecule has 1 aliphatic heterocycles. The van der Waals surface area contributed by atoms with Crippen LogP contribution < -0.4 is 11.0 Å². The summed E-state index contributed by atoms with van der Waals surface area (Å²) in [7, 11) is 0. The van der Waals surface area contributed by atoms with Gasteiger partial charge in [0.15, 0.2) is 5.82 Å². The molecule has 0 spiro atoms. The first-order valence-electron chi connectivity index (χ1n) is 8.49. The van der Waals surface area contributed by atoms with Crippen LogP contribution in [0, 0.1) is 0 Å². The Labute approximate surface area is 166 Å². The summed E-state index contributed by atoms with van der Waals surface area (Å²) in [5, 5.41) is 5.22. The number of nitrogens with one attached hydrogen (secondary N) is 1. The quantitative estimate of drug-likeness (QED) is 0.612. The van der Waals surface area contributed by atoms with Crippen molar-refractivity contribution in [1.82, 2.24) is 9.55 Å². The van der Waals surface area contributed by atoms with E-state index in [0.717, 1.165) is 0 Å². The van der Waals surface area contributed by atoms with Gasteiger partial charge in [0.25, 0.3) is 5.56 Å². The Morgan fingerprint density at radius 2 is 2.11 bits per heavy atom. The van der Waals surface area contributed by atoms with Crippen molar-refractivity contribution in [3.05, 3.63) is 56.2 Å². The highest BCUT2D eigenvalue weighted by Gasteiger charge is 2.27. The van der Waals surface area contributed by atoms with Crippen LogP contribution in [0.2, 0.25) is 10.0 Å². The number of aromatic nitrogens is 2. The van der Waals surface area contributed by atoms with Gasteiger partial charge in [-0.1, -0.05) is 29.3 Å². The monoisotopic (exact) mass is 408 g/mol. The lowest BCUT2D eigenvalue weighted by atomic mass is 10.0. The molecule has 0 saturated carbocycles. The Morgan fingerprint density at radius 3 is 2.78 bits per heavy atom. The van der Waals surface area contributed by atoms with E-state index in [1.165, 1.54) is 10.8 Å². The van der Waals surface area contributed by atoms with Crippen LogP contribution in [0.5, 0.6) is 0 Å². The third-order valence-corrected chi connectivity index (χ3v) is 4.88. The fourth-order valence-electron chi connectivity index (χ4n) is 2.86. The SMILES string of the molecule is CCOC(=O)c1cnc2n(c1=O)C(C)CCC2=NNc1c(Cl)cccc1Cl. The molecule has 1 atom stereocenters. The molecule has 1 aliphatic rings. The second-order valence-corrected chi connectivity index (χ2v) is 6.86. The lowest BCUT2D eigenvalue weighted by Gasteiger charge is -2.25. The molecule has 1 N–H and O–H groups in total. The third-order valence-electron chi connectivity index (χ3n) is 4.25. The van der Waals surface area contributed by atoms with Gasteiger partial charge in [0.2, 0.25) is 0 Å². The minimum Gasteiger partial charge on any atom is -0.462 e. The van der Waals surface area contributed by atoms with Crippen molar-refractivity contribution in [2.45, 2.75) is 32.7 Å². The highest BCUT2D eigenvalue weighted by molar-refractivity contribution is 6.39. The van der Waals surface area contributed by atoms with E-state index in [1.54, 1.807) is 25.1 Å². The zero-order chi connectivity index (χ0) is 19.6. The number of hydrogen-bond acceptors (Lipinski definition) is 6. The van der Waals surface area contributed by atoms with Crippen LogP contribution in [0.15, 0.2) is 34.3 Å². The highest BCUT2D eigenvalue weighted by Crippen LogP contribution is 2.30. The Kier molecular flexibility index (Phi) is 5.82. The number of anilines is 1. The lowest BCUT2D eigenvalue weighted by Crippen LogP contribution is -2.37. The number of benzene rings is 1. The number of ether oxygens (including phenoxy) is 1. The molecule has 9 heteroatoms. The maximum Gasteiger partial charge on any atom is 0.345 e. The summed E-state index contributed by atoms with van der Waals surface area (Å²) in [6.45, 7) is 3.77. The first-order chi connectivity index (χ1) is 12.9. The first kappa shape index (κ1) is 19.4. The first-order valence-corrected chi connectivity index (χ1v) is 9.25. The fraction of sp³-hybridized carbons (Fsp3) is 0.333. The van der Waals surface area contributed by atoms with Crippen LogP contribution in [0.1, 0.15) is 48.9 Å². The van der Waals surface area contributed by atoms with E-state index in [9.17, 15) is 9.59 Å². The van der Waals surface area contributed by atoms with Gasteiger partial charge in [-0.3, -0.25) is 14.8 Å². The normalized spacial score (nSPS) is 17.5. The molecule has 0 amide bonds. The number of hydrazone groups is 1. The summed E-state index contributed by atoms with van der Waals surface area (Å²) in [4.78, 5) is 29.0. The van der Waals surface area contributed by atoms with Gasteiger partial charge in [-0.25, -0.2) is 9.78 Å². The van der Waals surface area contributed by atoms with E-state index in [2.05, 4.69) is 15.5 Å². The Morgan fingerprint density at radius 1 is 1.41 bits per heavy atom. The minimum atomic E-state index is -0.678. The van der Waals surface area contributed by atoms with E-state index in [1.807, 2.05) is 6.92 Å². The van der Waals surface area contributed by atoms with Crippen LogP contribution in [-0.2, 0) is 4.74 Å². The van der Waals surface area contributed by atoms with Crippen LogP contribution in [0.4, 0.5) is 5.69 Å². The van der Waals surface area contributed by atoms with Crippen molar-refractivity contribution < 1.29 is 9.53 Å². The summed E-state index contributed by atoms with van der Waals surface area (Å²) in [6.07, 6.45) is 2.53. The second-order valence-electron chi connectivity index (χ2n) is 6.05. The van der Waals surface area contributed by atoms with Crippen LogP contribution in [0.3, 0.4) is 0 Å². The average molecular weight is 409 g/mol. The summed E-state index contributed by atoms with van der Waals surface area (Å²) >= 11 is 12.3. The van der Waals surface area contributed by atoms with Gasteiger partial charge in [0, 0.05) is 12.2 Å². The molecular weight excluding hydrogens is 391 g/mol. The van der Waals surface area contributed by atoms with Crippen molar-refractivity contribution in [2.24, 2.45) is 5.10 Å².